The van der Waals surface area contributed by atoms with Gasteiger partial charge >= 0.3 is 0 Å². The highest BCUT2D eigenvalue weighted by Crippen LogP contribution is 2.13. The van der Waals surface area contributed by atoms with Crippen LogP contribution in [0.1, 0.15) is 11.1 Å². The van der Waals surface area contributed by atoms with Gasteiger partial charge in [-0.25, -0.2) is 0 Å². The fourth-order valence-electron chi connectivity index (χ4n) is 1.88. The van der Waals surface area contributed by atoms with Gasteiger partial charge in [0.05, 0.1) is 4.92 Å². The van der Waals surface area contributed by atoms with E-state index in [9.17, 15) is 10.1 Å². The summed E-state index contributed by atoms with van der Waals surface area (Å²) in [6.45, 7) is 0.768. The van der Waals surface area contributed by atoms with Gasteiger partial charge < -0.3 is 10.6 Å². The third-order valence-corrected chi connectivity index (χ3v) is 3.04. The van der Waals surface area contributed by atoms with Crippen LogP contribution in [0.3, 0.4) is 0 Å². The molecule has 0 bridgehead atoms. The summed E-state index contributed by atoms with van der Waals surface area (Å²) in [5, 5.41) is 10.6. The molecule has 0 aliphatic carbocycles. The monoisotopic (exact) mass is 283 g/mol. The van der Waals surface area contributed by atoms with Gasteiger partial charge in [-0.05, 0) is 47.7 Å². The Morgan fingerprint density at radius 1 is 1.14 bits per heavy atom. The molecule has 0 spiro atoms. The molecule has 0 fully saturated rings. The van der Waals surface area contributed by atoms with Crippen molar-refractivity contribution in [1.82, 2.24) is 4.90 Å². The van der Waals surface area contributed by atoms with Crippen molar-refractivity contribution in [3.8, 4) is 0 Å². The average Bonchev–Trinajstić information content (AvgIpc) is 2.48. The summed E-state index contributed by atoms with van der Waals surface area (Å²) >= 11 is 0. The molecule has 0 aliphatic heterocycles. The average molecular weight is 283 g/mol. The Hall–Kier alpha value is -2.82. The fraction of sp³-hybridized carbons (Fsp3) is 0.125. The van der Waals surface area contributed by atoms with Crippen LogP contribution >= 0.6 is 0 Å². The first-order valence-electron chi connectivity index (χ1n) is 6.52. The number of nitrogens with zero attached hydrogens (tertiary/aromatic N) is 2. The van der Waals surface area contributed by atoms with Crippen LogP contribution in [-0.4, -0.2) is 16.9 Å². The highest BCUT2D eigenvalue weighted by Gasteiger charge is 2.02. The first-order chi connectivity index (χ1) is 10.0. The molecule has 0 radical (unpaired) electrons. The lowest BCUT2D eigenvalue weighted by Gasteiger charge is -2.14. The van der Waals surface area contributed by atoms with Gasteiger partial charge in [0.25, 0.3) is 5.69 Å². The van der Waals surface area contributed by atoms with Crippen LogP contribution in [0.2, 0.25) is 0 Å². The number of nitro groups is 1. The van der Waals surface area contributed by atoms with Gasteiger partial charge in [-0.2, -0.15) is 0 Å². The van der Waals surface area contributed by atoms with Crippen molar-refractivity contribution < 1.29 is 4.92 Å². The van der Waals surface area contributed by atoms with E-state index < -0.39 is 4.92 Å². The van der Waals surface area contributed by atoms with Gasteiger partial charge in [-0.3, -0.25) is 10.1 Å². The first kappa shape index (κ1) is 14.6. The Labute approximate surface area is 123 Å². The number of hydrogen-bond donors (Lipinski definition) is 1. The largest absolute Gasteiger partial charge is 0.399 e. The molecule has 0 unspecified atom stereocenters. The van der Waals surface area contributed by atoms with E-state index in [4.69, 9.17) is 5.73 Å². The summed E-state index contributed by atoms with van der Waals surface area (Å²) in [6, 6.07) is 14.2. The van der Waals surface area contributed by atoms with Gasteiger partial charge in [0.1, 0.15) is 0 Å². The van der Waals surface area contributed by atoms with E-state index in [1.165, 1.54) is 17.7 Å². The fourth-order valence-corrected chi connectivity index (χ4v) is 1.88. The van der Waals surface area contributed by atoms with E-state index in [0.29, 0.717) is 0 Å². The van der Waals surface area contributed by atoms with Crippen molar-refractivity contribution in [3.05, 3.63) is 76.0 Å². The summed E-state index contributed by atoms with van der Waals surface area (Å²) in [5.74, 6) is 0. The molecule has 21 heavy (non-hydrogen) atoms. The van der Waals surface area contributed by atoms with Crippen molar-refractivity contribution in [2.75, 3.05) is 12.8 Å². The van der Waals surface area contributed by atoms with Gasteiger partial charge in [0.15, 0.2) is 0 Å². The molecule has 0 saturated carbocycles. The molecule has 0 amide bonds. The van der Waals surface area contributed by atoms with E-state index in [-0.39, 0.29) is 5.69 Å². The molecule has 5 nitrogen and oxygen atoms in total. The third-order valence-electron chi connectivity index (χ3n) is 3.04. The summed E-state index contributed by atoms with van der Waals surface area (Å²) in [6.07, 6.45) is 3.86. The Morgan fingerprint density at radius 2 is 1.76 bits per heavy atom. The predicted molar refractivity (Wildman–Crippen MR) is 84.5 cm³/mol. The van der Waals surface area contributed by atoms with E-state index in [0.717, 1.165) is 17.8 Å². The number of anilines is 1. The number of nitro benzene ring substituents is 1. The van der Waals surface area contributed by atoms with Gasteiger partial charge in [0, 0.05) is 31.4 Å². The zero-order chi connectivity index (χ0) is 15.2. The van der Waals surface area contributed by atoms with Crippen molar-refractivity contribution >= 4 is 17.5 Å². The predicted octanol–water partition coefficient (Wildman–Crippen LogP) is 3.28. The highest BCUT2D eigenvalue weighted by atomic mass is 16.6. The molecule has 108 valence electrons. The maximum absolute atomic E-state index is 10.6. The second kappa shape index (κ2) is 6.56. The maximum atomic E-state index is 10.6. The normalized spacial score (nSPS) is 10.7. The molecule has 2 rings (SSSR count). The molecular weight excluding hydrogens is 266 g/mol. The zero-order valence-corrected chi connectivity index (χ0v) is 11.8. The summed E-state index contributed by atoms with van der Waals surface area (Å²) < 4.78 is 0. The highest BCUT2D eigenvalue weighted by molar-refractivity contribution is 5.51. The summed E-state index contributed by atoms with van der Waals surface area (Å²) in [5.41, 5.74) is 8.59. The zero-order valence-electron chi connectivity index (χ0n) is 11.8. The number of nitrogen functional groups attached to an aromatic ring is 1. The molecular formula is C16H17N3O2. The third kappa shape index (κ3) is 4.35. The Bertz CT molecular complexity index is 634. The number of nitrogens with two attached hydrogens (primary N) is 1. The Kier molecular flexibility index (Phi) is 4.56. The lowest BCUT2D eigenvalue weighted by atomic mass is 10.2. The molecule has 2 N–H and O–H groups in total. The molecule has 2 aromatic carbocycles. The lowest BCUT2D eigenvalue weighted by molar-refractivity contribution is -0.384. The van der Waals surface area contributed by atoms with Gasteiger partial charge in [-0.1, -0.05) is 12.1 Å². The van der Waals surface area contributed by atoms with E-state index in [1.54, 1.807) is 12.1 Å². The number of benzene rings is 2. The van der Waals surface area contributed by atoms with Crippen LogP contribution in [0.15, 0.2) is 54.7 Å². The van der Waals surface area contributed by atoms with Crippen LogP contribution in [-0.2, 0) is 6.54 Å². The molecule has 0 aliphatic rings. The van der Waals surface area contributed by atoms with Crippen LogP contribution in [0.25, 0.3) is 6.08 Å². The molecule has 0 aromatic heterocycles. The van der Waals surface area contributed by atoms with Gasteiger partial charge in [0.2, 0.25) is 0 Å². The van der Waals surface area contributed by atoms with E-state index in [2.05, 4.69) is 0 Å². The SMILES string of the molecule is CN(C=Cc1ccc([N+](=O)[O-])cc1)Cc1ccc(N)cc1. The van der Waals surface area contributed by atoms with Crippen molar-refractivity contribution in [2.24, 2.45) is 0 Å². The minimum absolute atomic E-state index is 0.0994. The minimum atomic E-state index is -0.402. The maximum Gasteiger partial charge on any atom is 0.269 e. The molecule has 2 aromatic rings. The smallest absolute Gasteiger partial charge is 0.269 e. The summed E-state index contributed by atoms with van der Waals surface area (Å²) in [7, 11) is 1.97. The number of hydrogen-bond acceptors (Lipinski definition) is 4. The summed E-state index contributed by atoms with van der Waals surface area (Å²) in [4.78, 5) is 12.2. The van der Waals surface area contributed by atoms with Gasteiger partial charge in [-0.15, -0.1) is 0 Å². The van der Waals surface area contributed by atoms with Crippen LogP contribution in [0.5, 0.6) is 0 Å². The van der Waals surface area contributed by atoms with E-state index >= 15 is 0 Å². The Balaban J connectivity index is 1.96. The lowest BCUT2D eigenvalue weighted by Crippen LogP contribution is -2.09. The number of non-ortho nitro benzene ring substituents is 1. The Morgan fingerprint density at radius 3 is 2.33 bits per heavy atom. The van der Waals surface area contributed by atoms with Crippen LogP contribution in [0, 0.1) is 10.1 Å². The minimum Gasteiger partial charge on any atom is -0.399 e. The second-order valence-corrected chi connectivity index (χ2v) is 4.82. The quantitative estimate of drug-likeness (QED) is 0.519. The molecule has 0 heterocycles. The van der Waals surface area contributed by atoms with Crippen molar-refractivity contribution in [3.63, 3.8) is 0 Å². The standard InChI is InChI=1S/C16H17N3O2/c1-18(12-14-2-6-15(17)7-3-14)11-10-13-4-8-16(9-5-13)19(20)21/h2-11H,12,17H2,1H3. The van der Waals surface area contributed by atoms with Crippen LogP contribution in [0.4, 0.5) is 11.4 Å². The number of rotatable bonds is 5. The second-order valence-electron chi connectivity index (χ2n) is 4.82. The van der Waals surface area contributed by atoms with Crippen molar-refractivity contribution in [1.29, 1.82) is 0 Å². The van der Waals surface area contributed by atoms with Crippen molar-refractivity contribution in [2.45, 2.75) is 6.54 Å². The van der Waals surface area contributed by atoms with E-state index in [1.807, 2.05) is 48.5 Å². The van der Waals surface area contributed by atoms with Crippen LogP contribution < -0.4 is 5.73 Å². The molecule has 0 atom stereocenters. The topological polar surface area (TPSA) is 72.4 Å². The molecule has 0 saturated heterocycles. The molecule has 5 heteroatoms. The first-order valence-corrected chi connectivity index (χ1v) is 6.52.